The SMILES string of the molecule is CCOC(=O)[C@H]1CC[C@@H](C(=O)OCC)N1[C@@H](C)c1ccccc1. The third-order valence-electron chi connectivity index (χ3n) is 4.28. The molecule has 1 aromatic carbocycles. The van der Waals surface area contributed by atoms with Gasteiger partial charge in [-0.3, -0.25) is 14.5 Å². The van der Waals surface area contributed by atoms with E-state index in [2.05, 4.69) is 0 Å². The normalized spacial score (nSPS) is 22.6. The molecule has 5 heteroatoms. The molecule has 1 fully saturated rings. The molecule has 0 saturated carbocycles. The largest absolute Gasteiger partial charge is 0.465 e. The topological polar surface area (TPSA) is 55.8 Å². The van der Waals surface area contributed by atoms with Crippen molar-refractivity contribution in [2.45, 2.75) is 51.7 Å². The minimum Gasteiger partial charge on any atom is -0.465 e. The Morgan fingerprint density at radius 2 is 1.52 bits per heavy atom. The number of rotatable bonds is 6. The summed E-state index contributed by atoms with van der Waals surface area (Å²) in [6.45, 7) is 6.28. The third-order valence-corrected chi connectivity index (χ3v) is 4.28. The summed E-state index contributed by atoms with van der Waals surface area (Å²) in [5, 5.41) is 0. The standard InChI is InChI=1S/C18H25NO4/c1-4-22-17(20)15-11-12-16(18(21)23-5-2)19(15)13(3)14-9-7-6-8-10-14/h6-10,13,15-16H,4-5,11-12H2,1-3H3/t13-,15-,16+/m0/s1. The molecule has 1 aliphatic heterocycles. The fourth-order valence-corrected chi connectivity index (χ4v) is 3.23. The summed E-state index contributed by atoms with van der Waals surface area (Å²) in [7, 11) is 0. The first-order chi connectivity index (χ1) is 11.1. The van der Waals surface area contributed by atoms with Crippen molar-refractivity contribution in [3.8, 4) is 0 Å². The lowest BCUT2D eigenvalue weighted by atomic mass is 10.0. The van der Waals surface area contributed by atoms with Crippen LogP contribution < -0.4 is 0 Å². The number of esters is 2. The molecule has 0 bridgehead atoms. The van der Waals surface area contributed by atoms with Crippen molar-refractivity contribution < 1.29 is 19.1 Å². The van der Waals surface area contributed by atoms with E-state index in [0.717, 1.165) is 5.56 Å². The molecule has 1 heterocycles. The van der Waals surface area contributed by atoms with E-state index in [0.29, 0.717) is 26.1 Å². The molecule has 0 aliphatic carbocycles. The van der Waals surface area contributed by atoms with Crippen molar-refractivity contribution in [2.75, 3.05) is 13.2 Å². The highest BCUT2D eigenvalue weighted by Gasteiger charge is 2.45. The fourth-order valence-electron chi connectivity index (χ4n) is 3.23. The summed E-state index contributed by atoms with van der Waals surface area (Å²) >= 11 is 0. The van der Waals surface area contributed by atoms with Crippen LogP contribution in [0.1, 0.15) is 45.2 Å². The second-order valence-electron chi connectivity index (χ2n) is 5.65. The number of hydrogen-bond donors (Lipinski definition) is 0. The highest BCUT2D eigenvalue weighted by molar-refractivity contribution is 5.81. The first-order valence-corrected chi connectivity index (χ1v) is 8.25. The number of nitrogens with zero attached hydrogens (tertiary/aromatic N) is 1. The van der Waals surface area contributed by atoms with E-state index in [1.165, 1.54) is 0 Å². The maximum Gasteiger partial charge on any atom is 0.323 e. The lowest BCUT2D eigenvalue weighted by Crippen LogP contribution is -2.46. The maximum atomic E-state index is 12.3. The molecule has 0 aromatic heterocycles. The number of carbonyl (C=O) groups is 2. The van der Waals surface area contributed by atoms with E-state index in [4.69, 9.17) is 9.47 Å². The van der Waals surface area contributed by atoms with Crippen LogP contribution in [0.3, 0.4) is 0 Å². The van der Waals surface area contributed by atoms with Crippen LogP contribution in [-0.4, -0.2) is 42.1 Å². The molecule has 1 aliphatic rings. The molecule has 0 unspecified atom stereocenters. The molecule has 0 radical (unpaired) electrons. The van der Waals surface area contributed by atoms with Crippen LogP contribution >= 0.6 is 0 Å². The molecule has 126 valence electrons. The van der Waals surface area contributed by atoms with Crippen LogP contribution in [0.5, 0.6) is 0 Å². The minimum atomic E-state index is -0.403. The van der Waals surface area contributed by atoms with Crippen molar-refractivity contribution in [3.05, 3.63) is 35.9 Å². The summed E-state index contributed by atoms with van der Waals surface area (Å²) < 4.78 is 10.4. The quantitative estimate of drug-likeness (QED) is 0.755. The minimum absolute atomic E-state index is 0.0671. The van der Waals surface area contributed by atoms with Crippen molar-refractivity contribution in [1.82, 2.24) is 4.90 Å². The summed E-state index contributed by atoms with van der Waals surface area (Å²) in [4.78, 5) is 26.6. The molecule has 23 heavy (non-hydrogen) atoms. The van der Waals surface area contributed by atoms with E-state index >= 15 is 0 Å². The summed E-state index contributed by atoms with van der Waals surface area (Å²) in [5.41, 5.74) is 1.07. The van der Waals surface area contributed by atoms with Gasteiger partial charge in [-0.2, -0.15) is 0 Å². The van der Waals surface area contributed by atoms with E-state index in [-0.39, 0.29) is 18.0 Å². The van der Waals surface area contributed by atoms with Gasteiger partial charge >= 0.3 is 11.9 Å². The average Bonchev–Trinajstić information content (AvgIpc) is 3.00. The Balaban J connectivity index is 2.27. The molecule has 2 rings (SSSR count). The third kappa shape index (κ3) is 3.91. The Bertz CT molecular complexity index is 505. The van der Waals surface area contributed by atoms with E-state index in [1.54, 1.807) is 13.8 Å². The van der Waals surface area contributed by atoms with Crippen LogP contribution in [0, 0.1) is 0 Å². The first-order valence-electron chi connectivity index (χ1n) is 8.25. The van der Waals surface area contributed by atoms with Crippen molar-refractivity contribution in [2.24, 2.45) is 0 Å². The van der Waals surface area contributed by atoms with Crippen molar-refractivity contribution in [3.63, 3.8) is 0 Å². The van der Waals surface area contributed by atoms with Gasteiger partial charge in [0.15, 0.2) is 0 Å². The Morgan fingerprint density at radius 1 is 1.04 bits per heavy atom. The number of carbonyl (C=O) groups excluding carboxylic acids is 2. The summed E-state index contributed by atoms with van der Waals surface area (Å²) in [5.74, 6) is -0.524. The highest BCUT2D eigenvalue weighted by Crippen LogP contribution is 2.34. The Hall–Kier alpha value is -1.88. The number of benzene rings is 1. The van der Waals surface area contributed by atoms with Gasteiger partial charge in [-0.25, -0.2) is 0 Å². The molecular formula is C18H25NO4. The van der Waals surface area contributed by atoms with Gasteiger partial charge in [0.2, 0.25) is 0 Å². The van der Waals surface area contributed by atoms with Crippen molar-refractivity contribution >= 4 is 11.9 Å². The zero-order valence-electron chi connectivity index (χ0n) is 14.0. The van der Waals surface area contributed by atoms with Gasteiger partial charge in [0.25, 0.3) is 0 Å². The molecule has 1 aromatic rings. The van der Waals surface area contributed by atoms with Gasteiger partial charge in [0, 0.05) is 6.04 Å². The second kappa shape index (κ2) is 8.11. The van der Waals surface area contributed by atoms with Crippen LogP contribution in [-0.2, 0) is 19.1 Å². The lowest BCUT2D eigenvalue weighted by molar-refractivity contribution is -0.155. The molecule has 5 nitrogen and oxygen atoms in total. The van der Waals surface area contributed by atoms with Gasteiger partial charge < -0.3 is 9.47 Å². The molecule has 0 N–H and O–H groups in total. The molecule has 0 amide bonds. The van der Waals surface area contributed by atoms with Gasteiger partial charge in [-0.05, 0) is 39.2 Å². The first kappa shape index (κ1) is 17.5. The smallest absolute Gasteiger partial charge is 0.323 e. The van der Waals surface area contributed by atoms with Crippen LogP contribution in [0.2, 0.25) is 0 Å². The molecule has 1 saturated heterocycles. The van der Waals surface area contributed by atoms with Crippen LogP contribution in [0.4, 0.5) is 0 Å². The van der Waals surface area contributed by atoms with Gasteiger partial charge in [-0.15, -0.1) is 0 Å². The highest BCUT2D eigenvalue weighted by atomic mass is 16.5. The molecule has 0 spiro atoms. The van der Waals surface area contributed by atoms with Crippen LogP contribution in [0.25, 0.3) is 0 Å². The number of likely N-dealkylation sites (tertiary alicyclic amines) is 1. The Morgan fingerprint density at radius 3 is 1.96 bits per heavy atom. The second-order valence-corrected chi connectivity index (χ2v) is 5.65. The number of hydrogen-bond acceptors (Lipinski definition) is 5. The fraction of sp³-hybridized carbons (Fsp3) is 0.556. The average molecular weight is 319 g/mol. The van der Waals surface area contributed by atoms with Gasteiger partial charge in [0.1, 0.15) is 12.1 Å². The monoisotopic (exact) mass is 319 g/mol. The summed E-state index contributed by atoms with van der Waals surface area (Å²) in [6.07, 6.45) is 1.22. The molecule has 3 atom stereocenters. The van der Waals surface area contributed by atoms with E-state index in [9.17, 15) is 9.59 Å². The number of ether oxygens (including phenoxy) is 2. The zero-order valence-corrected chi connectivity index (χ0v) is 14.0. The predicted molar refractivity (Wildman–Crippen MR) is 86.8 cm³/mol. The molecular weight excluding hydrogens is 294 g/mol. The zero-order chi connectivity index (χ0) is 16.8. The van der Waals surface area contributed by atoms with Crippen molar-refractivity contribution in [1.29, 1.82) is 0 Å². The lowest BCUT2D eigenvalue weighted by Gasteiger charge is -2.33. The Kier molecular flexibility index (Phi) is 6.16. The Labute approximate surface area is 137 Å². The van der Waals surface area contributed by atoms with E-state index in [1.807, 2.05) is 42.2 Å². The predicted octanol–water partition coefficient (Wildman–Crippen LogP) is 2.71. The maximum absolute atomic E-state index is 12.3. The van der Waals surface area contributed by atoms with Crippen LogP contribution in [0.15, 0.2) is 30.3 Å². The van der Waals surface area contributed by atoms with E-state index < -0.39 is 12.1 Å². The van der Waals surface area contributed by atoms with Gasteiger partial charge in [0.05, 0.1) is 13.2 Å². The van der Waals surface area contributed by atoms with Gasteiger partial charge in [-0.1, -0.05) is 30.3 Å². The summed E-state index contributed by atoms with van der Waals surface area (Å²) in [6, 6.07) is 9.01.